The first-order chi connectivity index (χ1) is 8.15. The first kappa shape index (κ1) is 11.9. The van der Waals surface area contributed by atoms with Crippen LogP contribution in [0.15, 0.2) is 18.2 Å². The Morgan fingerprint density at radius 3 is 2.71 bits per heavy atom. The van der Waals surface area contributed by atoms with Crippen molar-refractivity contribution < 1.29 is 9.18 Å². The number of nitrogens with zero attached hydrogens (tertiary/aromatic N) is 1. The fourth-order valence-electron chi connectivity index (χ4n) is 2.09. The van der Waals surface area contributed by atoms with Crippen LogP contribution in [0.5, 0.6) is 0 Å². The van der Waals surface area contributed by atoms with Crippen molar-refractivity contribution in [2.75, 3.05) is 25.0 Å². The first-order valence-corrected chi connectivity index (χ1v) is 5.94. The molecular weight excluding hydrogens is 219 g/mol. The van der Waals surface area contributed by atoms with Crippen LogP contribution in [0.25, 0.3) is 0 Å². The summed E-state index contributed by atoms with van der Waals surface area (Å²) >= 11 is 0. The molecule has 1 aliphatic rings. The number of halogens is 1. The number of aryl methyl sites for hydroxylation is 1. The van der Waals surface area contributed by atoms with E-state index in [9.17, 15) is 9.18 Å². The lowest BCUT2D eigenvalue weighted by molar-refractivity contribution is -0.128. The lowest BCUT2D eigenvalue weighted by Gasteiger charge is -2.16. The fourth-order valence-corrected chi connectivity index (χ4v) is 2.09. The maximum atomic E-state index is 13.1. The van der Waals surface area contributed by atoms with Crippen LogP contribution in [-0.4, -0.2) is 30.4 Å². The third kappa shape index (κ3) is 3.19. The Bertz CT molecular complexity index is 394. The van der Waals surface area contributed by atoms with E-state index in [1.165, 1.54) is 12.1 Å². The molecule has 1 heterocycles. The number of amides is 1. The van der Waals surface area contributed by atoms with Crippen LogP contribution in [0.3, 0.4) is 0 Å². The van der Waals surface area contributed by atoms with Gasteiger partial charge in [0.2, 0.25) is 5.91 Å². The van der Waals surface area contributed by atoms with Gasteiger partial charge in [-0.2, -0.15) is 0 Å². The maximum absolute atomic E-state index is 13.1. The summed E-state index contributed by atoms with van der Waals surface area (Å²) in [6.45, 7) is 3.77. The van der Waals surface area contributed by atoms with Crippen molar-refractivity contribution in [3.63, 3.8) is 0 Å². The van der Waals surface area contributed by atoms with Crippen LogP contribution in [0.1, 0.15) is 18.4 Å². The molecule has 1 aliphatic heterocycles. The number of likely N-dealkylation sites (tertiary alicyclic amines) is 1. The van der Waals surface area contributed by atoms with Gasteiger partial charge in [0.25, 0.3) is 0 Å². The Balaban J connectivity index is 1.90. The molecule has 1 aromatic carbocycles. The van der Waals surface area contributed by atoms with Gasteiger partial charge in [-0.05, 0) is 43.5 Å². The minimum absolute atomic E-state index is 0.0874. The van der Waals surface area contributed by atoms with E-state index < -0.39 is 0 Å². The average molecular weight is 236 g/mol. The lowest BCUT2D eigenvalue weighted by atomic mass is 10.2. The Labute approximate surface area is 101 Å². The SMILES string of the molecule is Cc1cc(F)cc(NCC(=O)N2CCCC2)c1. The van der Waals surface area contributed by atoms with Crippen molar-refractivity contribution in [1.82, 2.24) is 4.90 Å². The quantitative estimate of drug-likeness (QED) is 0.872. The molecule has 0 saturated carbocycles. The molecule has 1 N–H and O–H groups in total. The van der Waals surface area contributed by atoms with E-state index in [4.69, 9.17) is 0 Å². The molecule has 2 rings (SSSR count). The Morgan fingerprint density at radius 2 is 2.06 bits per heavy atom. The summed E-state index contributed by atoms with van der Waals surface area (Å²) < 4.78 is 13.1. The second-order valence-electron chi connectivity index (χ2n) is 4.46. The van der Waals surface area contributed by atoms with Crippen molar-refractivity contribution in [2.24, 2.45) is 0 Å². The summed E-state index contributed by atoms with van der Waals surface area (Å²) in [6.07, 6.45) is 2.18. The van der Waals surface area contributed by atoms with Crippen LogP contribution in [-0.2, 0) is 4.79 Å². The monoisotopic (exact) mass is 236 g/mol. The number of carbonyl (C=O) groups is 1. The van der Waals surface area contributed by atoms with Gasteiger partial charge in [0, 0.05) is 18.8 Å². The summed E-state index contributed by atoms with van der Waals surface area (Å²) in [5.41, 5.74) is 1.51. The summed E-state index contributed by atoms with van der Waals surface area (Å²) in [4.78, 5) is 13.6. The number of nitrogens with one attached hydrogen (secondary N) is 1. The number of hydrogen-bond acceptors (Lipinski definition) is 2. The minimum atomic E-state index is -0.277. The molecule has 17 heavy (non-hydrogen) atoms. The fraction of sp³-hybridized carbons (Fsp3) is 0.462. The smallest absolute Gasteiger partial charge is 0.241 e. The molecule has 0 radical (unpaired) electrons. The first-order valence-electron chi connectivity index (χ1n) is 5.94. The Hall–Kier alpha value is -1.58. The standard InChI is InChI=1S/C13H17FN2O/c1-10-6-11(14)8-12(7-10)15-9-13(17)16-4-2-3-5-16/h6-8,15H,2-5,9H2,1H3. The van der Waals surface area contributed by atoms with Gasteiger partial charge in [-0.3, -0.25) is 4.79 Å². The molecule has 0 aliphatic carbocycles. The molecular formula is C13H17FN2O. The van der Waals surface area contributed by atoms with Gasteiger partial charge in [0.05, 0.1) is 6.54 Å². The average Bonchev–Trinajstić information content (AvgIpc) is 2.78. The lowest BCUT2D eigenvalue weighted by Crippen LogP contribution is -2.32. The minimum Gasteiger partial charge on any atom is -0.376 e. The highest BCUT2D eigenvalue weighted by molar-refractivity contribution is 5.81. The Morgan fingerprint density at radius 1 is 1.35 bits per heavy atom. The predicted octanol–water partition coefficient (Wildman–Crippen LogP) is 2.17. The van der Waals surface area contributed by atoms with Crippen LogP contribution in [0.2, 0.25) is 0 Å². The number of hydrogen-bond donors (Lipinski definition) is 1. The zero-order valence-corrected chi connectivity index (χ0v) is 10.0. The van der Waals surface area contributed by atoms with Crippen molar-refractivity contribution in [2.45, 2.75) is 19.8 Å². The molecule has 0 spiro atoms. The number of rotatable bonds is 3. The highest BCUT2D eigenvalue weighted by Gasteiger charge is 2.17. The van der Waals surface area contributed by atoms with E-state index in [0.29, 0.717) is 5.69 Å². The third-order valence-electron chi connectivity index (χ3n) is 2.94. The summed E-state index contributed by atoms with van der Waals surface area (Å²) in [6, 6.07) is 4.71. The van der Waals surface area contributed by atoms with Gasteiger partial charge in [-0.1, -0.05) is 0 Å². The van der Waals surface area contributed by atoms with Crippen LogP contribution in [0, 0.1) is 12.7 Å². The van der Waals surface area contributed by atoms with Gasteiger partial charge in [0.15, 0.2) is 0 Å². The number of anilines is 1. The van der Waals surface area contributed by atoms with Crippen LogP contribution < -0.4 is 5.32 Å². The molecule has 3 nitrogen and oxygen atoms in total. The molecule has 0 bridgehead atoms. The van der Waals surface area contributed by atoms with E-state index in [-0.39, 0.29) is 18.3 Å². The molecule has 1 aromatic rings. The molecule has 0 unspecified atom stereocenters. The summed E-state index contributed by atoms with van der Waals surface area (Å²) in [7, 11) is 0. The normalized spacial score (nSPS) is 15.1. The van der Waals surface area contributed by atoms with E-state index in [0.717, 1.165) is 31.5 Å². The number of benzene rings is 1. The van der Waals surface area contributed by atoms with E-state index in [1.54, 1.807) is 0 Å². The van der Waals surface area contributed by atoms with Crippen molar-refractivity contribution in [3.05, 3.63) is 29.6 Å². The molecule has 92 valence electrons. The van der Waals surface area contributed by atoms with Crippen LogP contribution in [0.4, 0.5) is 10.1 Å². The highest BCUT2D eigenvalue weighted by Crippen LogP contribution is 2.13. The van der Waals surface area contributed by atoms with Crippen molar-refractivity contribution in [3.8, 4) is 0 Å². The van der Waals surface area contributed by atoms with Crippen LogP contribution >= 0.6 is 0 Å². The van der Waals surface area contributed by atoms with Gasteiger partial charge in [0.1, 0.15) is 5.82 Å². The molecule has 1 amide bonds. The largest absolute Gasteiger partial charge is 0.376 e. The second kappa shape index (κ2) is 5.17. The van der Waals surface area contributed by atoms with E-state index >= 15 is 0 Å². The van der Waals surface area contributed by atoms with E-state index in [2.05, 4.69) is 5.32 Å². The zero-order valence-electron chi connectivity index (χ0n) is 10.0. The Kier molecular flexibility index (Phi) is 3.61. The zero-order chi connectivity index (χ0) is 12.3. The van der Waals surface area contributed by atoms with Gasteiger partial charge in [-0.25, -0.2) is 4.39 Å². The van der Waals surface area contributed by atoms with Gasteiger partial charge in [-0.15, -0.1) is 0 Å². The highest BCUT2D eigenvalue weighted by atomic mass is 19.1. The third-order valence-corrected chi connectivity index (χ3v) is 2.94. The number of carbonyl (C=O) groups excluding carboxylic acids is 1. The molecule has 1 fully saturated rings. The molecule has 4 heteroatoms. The van der Waals surface area contributed by atoms with Gasteiger partial charge < -0.3 is 10.2 Å². The second-order valence-corrected chi connectivity index (χ2v) is 4.46. The van der Waals surface area contributed by atoms with E-state index in [1.807, 2.05) is 17.9 Å². The molecule has 1 saturated heterocycles. The topological polar surface area (TPSA) is 32.3 Å². The van der Waals surface area contributed by atoms with Crippen molar-refractivity contribution in [1.29, 1.82) is 0 Å². The van der Waals surface area contributed by atoms with Crippen molar-refractivity contribution >= 4 is 11.6 Å². The maximum Gasteiger partial charge on any atom is 0.241 e. The summed E-state index contributed by atoms with van der Waals surface area (Å²) in [5, 5.41) is 2.97. The predicted molar refractivity (Wildman–Crippen MR) is 65.4 cm³/mol. The molecule has 0 atom stereocenters. The van der Waals surface area contributed by atoms with Gasteiger partial charge >= 0.3 is 0 Å². The summed E-state index contributed by atoms with van der Waals surface area (Å²) in [5.74, 6) is -0.189. The molecule has 0 aromatic heterocycles.